The van der Waals surface area contributed by atoms with Gasteiger partial charge in [0, 0.05) is 10.9 Å². The number of rotatable bonds is 3. The summed E-state index contributed by atoms with van der Waals surface area (Å²) in [4.78, 5) is 1.24. The van der Waals surface area contributed by atoms with Crippen molar-refractivity contribution in [2.24, 2.45) is 11.7 Å². The van der Waals surface area contributed by atoms with Crippen LogP contribution in [0.25, 0.3) is 0 Å². The number of hydrogen-bond acceptors (Lipinski definition) is 4. The van der Waals surface area contributed by atoms with Gasteiger partial charge in [-0.05, 0) is 42.7 Å². The van der Waals surface area contributed by atoms with Gasteiger partial charge in [-0.1, -0.05) is 0 Å². The van der Waals surface area contributed by atoms with E-state index in [9.17, 15) is 8.42 Å². The molecular formula is C11H17NO2S2. The highest BCUT2D eigenvalue weighted by molar-refractivity contribution is 7.91. The topological polar surface area (TPSA) is 60.2 Å². The van der Waals surface area contributed by atoms with Crippen LogP contribution in [0.5, 0.6) is 0 Å². The van der Waals surface area contributed by atoms with E-state index < -0.39 is 9.84 Å². The number of nitrogens with two attached hydrogens (primary N) is 1. The van der Waals surface area contributed by atoms with Crippen LogP contribution < -0.4 is 5.73 Å². The number of sulfone groups is 1. The molecule has 2 rings (SSSR count). The second-order valence-electron chi connectivity index (χ2n) is 4.54. The van der Waals surface area contributed by atoms with Crippen LogP contribution in [0.3, 0.4) is 0 Å². The second kappa shape index (κ2) is 4.47. The summed E-state index contributed by atoms with van der Waals surface area (Å²) in [6.45, 7) is 2.06. The van der Waals surface area contributed by atoms with Crippen molar-refractivity contribution in [1.82, 2.24) is 0 Å². The van der Waals surface area contributed by atoms with Gasteiger partial charge in [0.1, 0.15) is 0 Å². The molecule has 3 nitrogen and oxygen atoms in total. The minimum atomic E-state index is -2.77. The van der Waals surface area contributed by atoms with E-state index in [1.807, 2.05) is 11.4 Å². The van der Waals surface area contributed by atoms with E-state index in [1.165, 1.54) is 10.4 Å². The number of thiophene rings is 1. The Kier molecular flexibility index (Phi) is 3.37. The molecule has 2 heterocycles. The van der Waals surface area contributed by atoms with E-state index in [1.54, 1.807) is 11.3 Å². The van der Waals surface area contributed by atoms with Crippen LogP contribution in [0.1, 0.15) is 29.3 Å². The molecule has 1 aliphatic rings. The van der Waals surface area contributed by atoms with Crippen LogP contribution in [0, 0.1) is 12.8 Å². The highest BCUT2D eigenvalue weighted by Gasteiger charge is 2.29. The monoisotopic (exact) mass is 259 g/mol. The molecule has 0 aromatic carbocycles. The standard InChI is InChI=1S/C11H17NO2S2/c1-8-10(2-4-15-8)11(12)6-9-3-5-16(13,14)7-9/h2,4,9,11H,3,5-7,12H2,1H3. The van der Waals surface area contributed by atoms with Gasteiger partial charge in [-0.15, -0.1) is 11.3 Å². The lowest BCUT2D eigenvalue weighted by atomic mass is 9.95. The first kappa shape index (κ1) is 12.1. The van der Waals surface area contributed by atoms with Crippen molar-refractivity contribution in [3.05, 3.63) is 21.9 Å². The highest BCUT2D eigenvalue weighted by atomic mass is 32.2. The summed E-state index contributed by atoms with van der Waals surface area (Å²) in [7, 11) is -2.77. The zero-order chi connectivity index (χ0) is 11.8. The first-order valence-corrected chi connectivity index (χ1v) is 8.18. The van der Waals surface area contributed by atoms with Gasteiger partial charge in [-0.25, -0.2) is 8.42 Å². The molecule has 0 aliphatic carbocycles. The molecular weight excluding hydrogens is 242 g/mol. The van der Waals surface area contributed by atoms with Crippen LogP contribution in [-0.2, 0) is 9.84 Å². The van der Waals surface area contributed by atoms with Crippen LogP contribution in [0.2, 0.25) is 0 Å². The first-order valence-electron chi connectivity index (χ1n) is 5.48. The molecule has 2 N–H and O–H groups in total. The summed E-state index contributed by atoms with van der Waals surface area (Å²) in [5, 5.41) is 2.04. The third kappa shape index (κ3) is 2.64. The summed E-state index contributed by atoms with van der Waals surface area (Å²) in [5.41, 5.74) is 7.30. The lowest BCUT2D eigenvalue weighted by Gasteiger charge is -2.15. The molecule has 0 spiro atoms. The molecule has 1 aromatic rings. The second-order valence-corrected chi connectivity index (χ2v) is 7.89. The van der Waals surface area contributed by atoms with Crippen molar-refractivity contribution >= 4 is 21.2 Å². The third-order valence-corrected chi connectivity index (χ3v) is 5.91. The van der Waals surface area contributed by atoms with Crippen molar-refractivity contribution in [2.75, 3.05) is 11.5 Å². The van der Waals surface area contributed by atoms with Gasteiger partial charge < -0.3 is 5.73 Å². The van der Waals surface area contributed by atoms with Crippen LogP contribution in [0.15, 0.2) is 11.4 Å². The Labute approximate surface area is 101 Å². The Balaban J connectivity index is 1.99. The number of hydrogen-bond donors (Lipinski definition) is 1. The highest BCUT2D eigenvalue weighted by Crippen LogP contribution is 2.30. The van der Waals surface area contributed by atoms with E-state index in [0.717, 1.165) is 12.8 Å². The van der Waals surface area contributed by atoms with Crippen molar-refractivity contribution in [2.45, 2.75) is 25.8 Å². The van der Waals surface area contributed by atoms with Crippen LogP contribution in [-0.4, -0.2) is 19.9 Å². The largest absolute Gasteiger partial charge is 0.324 e. The molecule has 0 amide bonds. The molecule has 0 saturated carbocycles. The molecule has 2 atom stereocenters. The molecule has 16 heavy (non-hydrogen) atoms. The molecule has 2 unspecified atom stereocenters. The van der Waals surface area contributed by atoms with Gasteiger partial charge in [0.25, 0.3) is 0 Å². The van der Waals surface area contributed by atoms with E-state index in [-0.39, 0.29) is 12.0 Å². The van der Waals surface area contributed by atoms with E-state index in [0.29, 0.717) is 11.5 Å². The minimum absolute atomic E-state index is 0.00968. The zero-order valence-electron chi connectivity index (χ0n) is 9.35. The molecule has 90 valence electrons. The smallest absolute Gasteiger partial charge is 0.150 e. The predicted molar refractivity (Wildman–Crippen MR) is 67.4 cm³/mol. The molecule has 1 aromatic heterocycles. The van der Waals surface area contributed by atoms with E-state index in [2.05, 4.69) is 6.92 Å². The Morgan fingerprint density at radius 3 is 2.88 bits per heavy atom. The fourth-order valence-corrected chi connectivity index (χ4v) is 4.98. The SMILES string of the molecule is Cc1sccc1C(N)CC1CCS(=O)(=O)C1. The Hall–Kier alpha value is -0.390. The Morgan fingerprint density at radius 2 is 2.38 bits per heavy atom. The van der Waals surface area contributed by atoms with Crippen molar-refractivity contribution in [1.29, 1.82) is 0 Å². The van der Waals surface area contributed by atoms with Gasteiger partial charge in [0.2, 0.25) is 0 Å². The molecule has 0 radical (unpaired) electrons. The molecule has 1 fully saturated rings. The minimum Gasteiger partial charge on any atom is -0.324 e. The molecule has 1 aliphatic heterocycles. The third-order valence-electron chi connectivity index (χ3n) is 3.21. The van der Waals surface area contributed by atoms with Gasteiger partial charge in [0.15, 0.2) is 9.84 Å². The van der Waals surface area contributed by atoms with Gasteiger partial charge in [-0.3, -0.25) is 0 Å². The molecule has 0 bridgehead atoms. The zero-order valence-corrected chi connectivity index (χ0v) is 11.0. The maximum absolute atomic E-state index is 11.3. The normalized spacial score (nSPS) is 25.8. The summed E-state index contributed by atoms with van der Waals surface area (Å²) >= 11 is 1.69. The summed E-state index contributed by atoms with van der Waals surface area (Å²) in [5.74, 6) is 0.913. The maximum atomic E-state index is 11.3. The van der Waals surface area contributed by atoms with Gasteiger partial charge in [-0.2, -0.15) is 0 Å². The molecule has 1 saturated heterocycles. The number of aryl methyl sites for hydroxylation is 1. The average Bonchev–Trinajstić information content (AvgIpc) is 2.72. The quantitative estimate of drug-likeness (QED) is 0.901. The Bertz CT molecular complexity index is 464. The van der Waals surface area contributed by atoms with Crippen LogP contribution >= 0.6 is 11.3 Å². The van der Waals surface area contributed by atoms with Gasteiger partial charge >= 0.3 is 0 Å². The maximum Gasteiger partial charge on any atom is 0.150 e. The fraction of sp³-hybridized carbons (Fsp3) is 0.636. The molecule has 5 heteroatoms. The van der Waals surface area contributed by atoms with Gasteiger partial charge in [0.05, 0.1) is 11.5 Å². The lowest BCUT2D eigenvalue weighted by molar-refractivity contribution is 0.481. The fourth-order valence-electron chi connectivity index (χ4n) is 2.32. The lowest BCUT2D eigenvalue weighted by Crippen LogP contribution is -2.16. The summed E-state index contributed by atoms with van der Waals surface area (Å²) in [6, 6.07) is 2.04. The van der Waals surface area contributed by atoms with E-state index >= 15 is 0 Å². The van der Waals surface area contributed by atoms with Crippen molar-refractivity contribution in [3.8, 4) is 0 Å². The van der Waals surface area contributed by atoms with E-state index in [4.69, 9.17) is 5.73 Å². The van der Waals surface area contributed by atoms with Crippen molar-refractivity contribution < 1.29 is 8.42 Å². The first-order chi connectivity index (χ1) is 7.48. The predicted octanol–water partition coefficient (Wildman–Crippen LogP) is 1.88. The summed E-state index contributed by atoms with van der Waals surface area (Å²) in [6.07, 6.45) is 1.57. The average molecular weight is 259 g/mol. The Morgan fingerprint density at radius 1 is 1.62 bits per heavy atom. The summed E-state index contributed by atoms with van der Waals surface area (Å²) < 4.78 is 22.7. The van der Waals surface area contributed by atoms with Crippen molar-refractivity contribution in [3.63, 3.8) is 0 Å². The van der Waals surface area contributed by atoms with Crippen LogP contribution in [0.4, 0.5) is 0 Å².